The van der Waals surface area contributed by atoms with Gasteiger partial charge in [0.2, 0.25) is 23.6 Å². The van der Waals surface area contributed by atoms with E-state index in [0.717, 1.165) is 220 Å². The van der Waals surface area contributed by atoms with Crippen LogP contribution in [0.3, 0.4) is 0 Å². The highest BCUT2D eigenvalue weighted by molar-refractivity contribution is 6.11. The van der Waals surface area contributed by atoms with Gasteiger partial charge in [-0.3, -0.25) is 52.6 Å². The third-order valence-electron chi connectivity index (χ3n) is 29.5. The van der Waals surface area contributed by atoms with Crippen molar-refractivity contribution in [2.24, 2.45) is 28.2 Å². The highest BCUT2D eigenvalue weighted by atomic mass is 19.1. The second-order valence-electron chi connectivity index (χ2n) is 37.6. The summed E-state index contributed by atoms with van der Waals surface area (Å²) >= 11 is 0. The summed E-state index contributed by atoms with van der Waals surface area (Å²) in [7, 11) is 9.40. The number of likely N-dealkylation sites (tertiary alicyclic amines) is 4. The molecule has 676 valence electrons. The van der Waals surface area contributed by atoms with E-state index < -0.39 is 21.7 Å². The summed E-state index contributed by atoms with van der Waals surface area (Å²) in [5.74, 6) is -0.879. The Balaban J connectivity index is 0.000000109. The van der Waals surface area contributed by atoms with Crippen LogP contribution < -0.4 is 19.6 Å². The molecule has 8 aromatic carbocycles. The first-order valence-corrected chi connectivity index (χ1v) is 46.0. The third kappa shape index (κ3) is 16.3. The first kappa shape index (κ1) is 86.9. The fraction of sp³-hybridized carbons (Fsp3) is 0.385. The van der Waals surface area contributed by atoms with Gasteiger partial charge < -0.3 is 38.7 Å². The van der Waals surface area contributed by atoms with Crippen molar-refractivity contribution >= 4 is 46.4 Å². The Hall–Kier alpha value is -12.1. The number of carbonyl (C=O) groups excluding carboxylic acids is 4. The number of halogens is 4. The van der Waals surface area contributed by atoms with Crippen molar-refractivity contribution in [2.45, 2.75) is 130 Å². The molecule has 7 unspecified atom stereocenters. The molecule has 7 atom stereocenters. The summed E-state index contributed by atoms with van der Waals surface area (Å²) < 4.78 is 84.4. The number of ether oxygens (including phenoxy) is 3. The second kappa shape index (κ2) is 35.9. The minimum Gasteiger partial charge on any atom is -0.380 e. The number of amides is 4. The van der Waals surface area contributed by atoms with E-state index in [1.807, 2.05) is 163 Å². The molecule has 7 saturated heterocycles. The third-order valence-corrected chi connectivity index (χ3v) is 29.5. The number of nitrogens with zero attached hydrogens (tertiary/aromatic N) is 16. The van der Waals surface area contributed by atoms with Crippen LogP contribution in [0.1, 0.15) is 109 Å². The van der Waals surface area contributed by atoms with Crippen LogP contribution in [0.2, 0.25) is 0 Å². The van der Waals surface area contributed by atoms with E-state index in [2.05, 4.69) is 58.2 Å². The number of benzene rings is 8. The lowest BCUT2D eigenvalue weighted by Crippen LogP contribution is -2.45. The average Bonchev–Trinajstić information content (AvgIpc) is 1.59. The smallest absolute Gasteiger partial charge is 0.239 e. The quantitative estimate of drug-likeness (QED) is 0.0879. The van der Waals surface area contributed by atoms with Crippen molar-refractivity contribution in [3.63, 3.8) is 0 Å². The number of anilines is 4. The Kier molecular flexibility index (Phi) is 23.8. The number of hydrogen-bond donors (Lipinski definition) is 0. The van der Waals surface area contributed by atoms with Gasteiger partial charge in [0.1, 0.15) is 23.3 Å². The van der Waals surface area contributed by atoms with Gasteiger partial charge in [-0.15, -0.1) is 0 Å². The molecule has 4 spiro atoms. The average molecular weight is 1770 g/mol. The maximum atomic E-state index is 15.2. The number of carbonyl (C=O) groups is 4. The van der Waals surface area contributed by atoms with E-state index >= 15 is 13.2 Å². The van der Waals surface area contributed by atoms with Gasteiger partial charge in [0.15, 0.2) is 0 Å². The molecule has 11 aliphatic heterocycles. The molecule has 27 heteroatoms. The summed E-state index contributed by atoms with van der Waals surface area (Å²) in [4.78, 5) is 72.0. The zero-order valence-corrected chi connectivity index (χ0v) is 74.8. The molecule has 0 saturated carbocycles. The molecule has 0 N–H and O–H groups in total. The molecule has 4 amide bonds. The van der Waals surface area contributed by atoms with Gasteiger partial charge in [-0.05, 0) is 190 Å². The minimum atomic E-state index is -0.555. The highest BCUT2D eigenvalue weighted by Crippen LogP contribution is 2.54. The first-order chi connectivity index (χ1) is 63.6. The van der Waals surface area contributed by atoms with Crippen molar-refractivity contribution in [3.05, 3.63) is 287 Å². The lowest BCUT2D eigenvalue weighted by Gasteiger charge is -2.32. The van der Waals surface area contributed by atoms with Gasteiger partial charge in [0.25, 0.3) is 0 Å². The molecule has 12 aromatic rings. The molecule has 0 aliphatic carbocycles. The van der Waals surface area contributed by atoms with E-state index in [4.69, 9.17) is 14.2 Å². The van der Waals surface area contributed by atoms with Crippen molar-refractivity contribution < 1.29 is 51.0 Å². The monoisotopic (exact) mass is 1770 g/mol. The number of likely N-dealkylation sites (N-methyl/N-ethyl adjacent to an activating group) is 1. The standard InChI is InChI=1S/3C27H29FN4O2.C23H23FN4O/c3*1-30-15-21(14-29-30)19-8-9-20(24(28)13-19)16-32-25-7-3-2-6-23(25)27(26(32)33)10-11-31(18-27)22-5-4-12-34-17-22;1-26-10-9-23(15-26)19-5-3-4-6-21(19)28(22(23)29)14-17-8-7-16(11-20(17)24)18-12-25-27(2)13-18/h3*2-3,6-9,13-15,22H,4-5,10-12,16-18H2,1H3;3-8,11-13H,9-10,14-15H2,1-2H3. The van der Waals surface area contributed by atoms with Gasteiger partial charge in [0.05, 0.1) is 92.4 Å². The summed E-state index contributed by atoms with van der Waals surface area (Å²) in [6.07, 6.45) is 24.1. The van der Waals surface area contributed by atoms with Crippen LogP contribution in [-0.2, 0) is 109 Å². The topological polar surface area (TPSA) is 193 Å². The van der Waals surface area contributed by atoms with Crippen LogP contribution in [-0.4, -0.2) is 200 Å². The summed E-state index contributed by atoms with van der Waals surface area (Å²) in [5, 5.41) is 16.7. The molecule has 15 heterocycles. The zero-order chi connectivity index (χ0) is 90.0. The maximum Gasteiger partial charge on any atom is 0.239 e. The summed E-state index contributed by atoms with van der Waals surface area (Å²) in [6.45, 7) is 12.0. The van der Waals surface area contributed by atoms with Gasteiger partial charge in [-0.2, -0.15) is 20.4 Å². The molecule has 131 heavy (non-hydrogen) atoms. The van der Waals surface area contributed by atoms with Crippen LogP contribution in [0.5, 0.6) is 0 Å². The van der Waals surface area contributed by atoms with Crippen LogP contribution in [0.15, 0.2) is 219 Å². The second-order valence-corrected chi connectivity index (χ2v) is 37.6. The molecular weight excluding hydrogens is 1660 g/mol. The van der Waals surface area contributed by atoms with Crippen molar-refractivity contribution in [3.8, 4) is 44.5 Å². The SMILES string of the molecule is CN1CCC2(C1)C(=O)N(Cc1ccc(-c3cnn(C)c3)cc1F)c1ccccc12.Cn1cc(-c2ccc(CN3C(=O)C4(CCN(C5CCCOC5)C4)c4ccccc43)c(F)c2)cn1.Cn1cc(-c2ccc(CN3C(=O)C4(CCN(C5CCCOC5)C4)c4ccccc43)c(F)c2)cn1.Cn1cc(-c2ccc(CN3C(=O)C4(CCN(C5CCCOC5)C4)c4ccccc43)c(F)c2)cn1. The molecule has 4 aromatic heterocycles. The number of para-hydroxylation sites is 4. The first-order valence-electron chi connectivity index (χ1n) is 46.0. The van der Waals surface area contributed by atoms with E-state index in [1.165, 1.54) is 24.3 Å². The van der Waals surface area contributed by atoms with Crippen LogP contribution >= 0.6 is 0 Å². The Morgan fingerprint density at radius 3 is 0.794 bits per heavy atom. The Labute approximate surface area is 760 Å². The predicted molar refractivity (Wildman–Crippen MR) is 494 cm³/mol. The number of rotatable bonds is 15. The fourth-order valence-electron chi connectivity index (χ4n) is 22.5. The van der Waals surface area contributed by atoms with Crippen LogP contribution in [0, 0.1) is 23.3 Å². The van der Waals surface area contributed by atoms with Crippen molar-refractivity contribution in [1.29, 1.82) is 0 Å². The number of fused-ring (bicyclic) bond motifs is 8. The van der Waals surface area contributed by atoms with Crippen molar-refractivity contribution in [2.75, 3.05) is 119 Å². The molecule has 11 aliphatic rings. The Morgan fingerprint density at radius 1 is 0.321 bits per heavy atom. The van der Waals surface area contributed by atoms with Gasteiger partial charge in [-0.1, -0.05) is 121 Å². The molecular formula is C104H110F4N16O7. The number of aromatic nitrogens is 8. The molecule has 23 rings (SSSR count). The molecule has 7 fully saturated rings. The Morgan fingerprint density at radius 2 is 0.573 bits per heavy atom. The van der Waals surface area contributed by atoms with E-state index in [-0.39, 0.29) is 73.1 Å². The van der Waals surface area contributed by atoms with E-state index in [0.29, 0.717) is 66.6 Å². The van der Waals surface area contributed by atoms with Gasteiger partial charge in [-0.25, -0.2) is 17.6 Å². The maximum absolute atomic E-state index is 15.2. The highest BCUT2D eigenvalue weighted by Gasteiger charge is 2.59. The van der Waals surface area contributed by atoms with Gasteiger partial charge in [0, 0.05) is 184 Å². The zero-order valence-electron chi connectivity index (χ0n) is 74.8. The van der Waals surface area contributed by atoms with Crippen molar-refractivity contribution in [1.82, 2.24) is 58.7 Å². The lowest BCUT2D eigenvalue weighted by molar-refractivity contribution is -0.123. The van der Waals surface area contributed by atoms with Gasteiger partial charge >= 0.3 is 0 Å². The lowest BCUT2D eigenvalue weighted by atomic mass is 9.81. The van der Waals surface area contributed by atoms with E-state index in [1.54, 1.807) is 87.4 Å². The summed E-state index contributed by atoms with van der Waals surface area (Å²) in [5.41, 5.74) is 14.4. The largest absolute Gasteiger partial charge is 0.380 e. The molecule has 0 bridgehead atoms. The normalized spacial score (nSPS) is 24.1. The molecule has 0 radical (unpaired) electrons. The minimum absolute atomic E-state index is 0.0822. The molecule has 23 nitrogen and oxygen atoms in total. The van der Waals surface area contributed by atoms with Crippen LogP contribution in [0.4, 0.5) is 40.3 Å². The summed E-state index contributed by atoms with van der Waals surface area (Å²) in [6, 6.07) is 54.1. The van der Waals surface area contributed by atoms with Crippen LogP contribution in [0.25, 0.3) is 44.5 Å². The number of hydrogen-bond acceptors (Lipinski definition) is 15. The number of aryl methyl sites for hydroxylation is 4. The fourth-order valence-corrected chi connectivity index (χ4v) is 22.5. The predicted octanol–water partition coefficient (Wildman–Crippen LogP) is 15.0. The van der Waals surface area contributed by atoms with E-state index in [9.17, 15) is 23.6 Å². The Bertz CT molecular complexity index is 5860.